The Hall–Kier alpha value is -0.980. The van der Waals surface area contributed by atoms with Crippen molar-refractivity contribution < 1.29 is 65.7 Å². The largest absolute Gasteiger partial charge is 0.481 e. The molecule has 17 atom stereocenters. The number of aliphatic hydroxyl groups excluding tert-OH is 2. The second kappa shape index (κ2) is 14.9. The molecule has 0 aliphatic carbocycles. The van der Waals surface area contributed by atoms with Gasteiger partial charge in [0.05, 0.1) is 66.5 Å². The van der Waals surface area contributed by atoms with Gasteiger partial charge in [-0.2, -0.15) is 8.42 Å². The number of aliphatic hydroxyl groups is 2. The van der Waals surface area contributed by atoms with Crippen molar-refractivity contribution in [3.8, 4) is 0 Å². The molecule has 14 nitrogen and oxygen atoms in total. The fraction of sp³-hybridized carbons (Fsp3) is 0.972. The lowest BCUT2D eigenvalue weighted by molar-refractivity contribution is -0.336. The number of carboxylic acids is 1. The summed E-state index contributed by atoms with van der Waals surface area (Å²) in [6.45, 7) is 14.7. The van der Waals surface area contributed by atoms with Crippen LogP contribution in [0.1, 0.15) is 107 Å². The van der Waals surface area contributed by atoms with Gasteiger partial charge in [-0.3, -0.25) is 9.35 Å². The third-order valence-corrected chi connectivity index (χ3v) is 13.8. The van der Waals surface area contributed by atoms with Crippen LogP contribution in [0.15, 0.2) is 0 Å². The molecule has 0 saturated carbocycles. The molecule has 0 amide bonds. The summed E-state index contributed by atoms with van der Waals surface area (Å²) < 4.78 is 77.4. The molecule has 0 bridgehead atoms. The maximum Gasteiger partial charge on any atom is 0.400 e. The zero-order chi connectivity index (χ0) is 37.9. The van der Waals surface area contributed by atoms with Crippen LogP contribution in [0.2, 0.25) is 0 Å². The highest BCUT2D eigenvalue weighted by atomic mass is 32.3. The molecule has 5 fully saturated rings. The quantitative estimate of drug-likeness (QED) is 0.208. The summed E-state index contributed by atoms with van der Waals surface area (Å²) in [4.78, 5) is 11.8. The van der Waals surface area contributed by atoms with Gasteiger partial charge < -0.3 is 43.7 Å². The molecule has 5 heterocycles. The van der Waals surface area contributed by atoms with E-state index < -0.39 is 88.1 Å². The Labute approximate surface area is 303 Å². The maximum absolute atomic E-state index is 11.8. The standard InChI is InChI=1S/C36H62O14S/c1-10-34(31-20(3)16-26(45-31)28-19(2)15-21(4)36(18-37,48-28)50-51(41,42)43)12-11-27(46-34)33(8)13-14-35(49-33)17-25(38)22(5)30(47-35)23(6)29(44-9)24(7)32(39)40/h19-31,37-38H,10-18H2,1-9H3,(H,39,40)(H,41,42,43)/t19-,20-,21+,22+,23-,24-,25-,26+,27+,28-,29+,30-,31+,33-,34-,35+,36+/m0/s1. The predicted octanol–water partition coefficient (Wildman–Crippen LogP) is 4.10. The summed E-state index contributed by atoms with van der Waals surface area (Å²) in [5.41, 5.74) is -1.34. The van der Waals surface area contributed by atoms with E-state index in [0.29, 0.717) is 38.5 Å². The molecule has 5 aliphatic heterocycles. The number of carbonyl (C=O) groups is 1. The highest BCUT2D eigenvalue weighted by Gasteiger charge is 2.62. The second-order valence-electron chi connectivity index (χ2n) is 16.8. The molecule has 0 unspecified atom stereocenters. The lowest BCUT2D eigenvalue weighted by Crippen LogP contribution is -2.58. The topological polar surface area (TPSA) is 197 Å². The van der Waals surface area contributed by atoms with Gasteiger partial charge >= 0.3 is 16.4 Å². The molecule has 0 aromatic rings. The van der Waals surface area contributed by atoms with Gasteiger partial charge in [-0.1, -0.05) is 41.5 Å². The number of hydrogen-bond acceptors (Lipinski definition) is 12. The first-order valence-corrected chi connectivity index (χ1v) is 20.2. The van der Waals surface area contributed by atoms with E-state index in [1.54, 1.807) is 13.8 Å². The Morgan fingerprint density at radius 1 is 1.02 bits per heavy atom. The molecule has 0 aromatic heterocycles. The lowest BCUT2D eigenvalue weighted by atomic mass is 9.78. The Bertz CT molecular complexity index is 1350. The number of methoxy groups -OCH3 is 1. The van der Waals surface area contributed by atoms with Crippen LogP contribution in [-0.4, -0.2) is 113 Å². The highest BCUT2D eigenvalue weighted by Crippen LogP contribution is 2.55. The van der Waals surface area contributed by atoms with Crippen molar-refractivity contribution >= 4 is 16.4 Å². The number of hydrogen-bond donors (Lipinski definition) is 4. The van der Waals surface area contributed by atoms with Crippen LogP contribution in [0, 0.1) is 35.5 Å². The van der Waals surface area contributed by atoms with Gasteiger partial charge in [0.1, 0.15) is 0 Å². The molecule has 51 heavy (non-hydrogen) atoms. The first-order valence-electron chi connectivity index (χ1n) is 18.8. The van der Waals surface area contributed by atoms with Crippen LogP contribution in [0.4, 0.5) is 0 Å². The molecule has 0 aromatic carbocycles. The van der Waals surface area contributed by atoms with Gasteiger partial charge in [-0.15, -0.1) is 0 Å². The smallest absolute Gasteiger partial charge is 0.400 e. The van der Waals surface area contributed by atoms with E-state index in [-0.39, 0.29) is 35.9 Å². The average Bonchev–Trinajstić information content (AvgIpc) is 3.76. The summed E-state index contributed by atoms with van der Waals surface area (Å²) in [5, 5.41) is 31.2. The van der Waals surface area contributed by atoms with Gasteiger partial charge in [-0.25, -0.2) is 4.18 Å². The fourth-order valence-electron chi connectivity index (χ4n) is 10.2. The van der Waals surface area contributed by atoms with Crippen molar-refractivity contribution in [1.29, 1.82) is 0 Å². The first-order chi connectivity index (χ1) is 23.7. The third-order valence-electron chi connectivity index (χ3n) is 13.3. The molecule has 5 saturated heterocycles. The number of ether oxygens (including phenoxy) is 6. The molecular formula is C36H62O14S. The zero-order valence-electron chi connectivity index (χ0n) is 31.6. The SMILES string of the molecule is CC[C@@]1([C@@H]2O[C@@H]([C@H]3O[C@](CO)(OS(=O)(=O)O)[C@H](C)C[C@@H]3C)C[C@@H]2C)CC[C@H]([C@]2(C)CC[C@]3(C[C@H](O)[C@@H](C)[C@@H]([C@@H](C)[C@@H](OC)[C@H](C)C(=O)O)O3)O2)O1. The van der Waals surface area contributed by atoms with Crippen LogP contribution in [-0.2, 0) is 47.8 Å². The average molecular weight is 751 g/mol. The number of rotatable bonds is 12. The molecule has 4 N–H and O–H groups in total. The third kappa shape index (κ3) is 7.78. The van der Waals surface area contributed by atoms with E-state index in [1.165, 1.54) is 7.11 Å². The Kier molecular flexibility index (Phi) is 12.1. The molecule has 1 spiro atoms. The Morgan fingerprint density at radius 3 is 2.29 bits per heavy atom. The van der Waals surface area contributed by atoms with E-state index >= 15 is 0 Å². The van der Waals surface area contributed by atoms with E-state index in [4.69, 9.17) is 32.6 Å². The monoisotopic (exact) mass is 750 g/mol. The van der Waals surface area contributed by atoms with Gasteiger partial charge in [0.2, 0.25) is 5.79 Å². The minimum atomic E-state index is -4.90. The van der Waals surface area contributed by atoms with Crippen molar-refractivity contribution in [2.45, 2.75) is 172 Å². The van der Waals surface area contributed by atoms with Crippen LogP contribution >= 0.6 is 0 Å². The fourth-order valence-corrected chi connectivity index (χ4v) is 10.8. The predicted molar refractivity (Wildman–Crippen MR) is 183 cm³/mol. The summed E-state index contributed by atoms with van der Waals surface area (Å²) >= 11 is 0. The van der Waals surface area contributed by atoms with Crippen LogP contribution in [0.5, 0.6) is 0 Å². The van der Waals surface area contributed by atoms with E-state index in [1.807, 2.05) is 27.7 Å². The minimum absolute atomic E-state index is 0.0379. The molecule has 5 aliphatic rings. The molecule has 5 rings (SSSR count). The lowest BCUT2D eigenvalue weighted by Gasteiger charge is -2.49. The Morgan fingerprint density at radius 2 is 1.71 bits per heavy atom. The zero-order valence-corrected chi connectivity index (χ0v) is 32.5. The van der Waals surface area contributed by atoms with Gasteiger partial charge in [0.15, 0.2) is 5.79 Å². The van der Waals surface area contributed by atoms with E-state index in [0.717, 1.165) is 12.8 Å². The van der Waals surface area contributed by atoms with Gasteiger partial charge in [-0.05, 0) is 64.2 Å². The molecule has 15 heteroatoms. The van der Waals surface area contributed by atoms with Crippen molar-refractivity contribution in [1.82, 2.24) is 0 Å². The minimum Gasteiger partial charge on any atom is -0.481 e. The van der Waals surface area contributed by atoms with E-state index in [2.05, 4.69) is 13.8 Å². The van der Waals surface area contributed by atoms with Crippen molar-refractivity contribution in [2.75, 3.05) is 13.7 Å². The summed E-state index contributed by atoms with van der Waals surface area (Å²) in [5.74, 6) is -5.76. The Balaban J connectivity index is 1.30. The van der Waals surface area contributed by atoms with Crippen LogP contribution in [0.3, 0.4) is 0 Å². The van der Waals surface area contributed by atoms with Crippen molar-refractivity contribution in [3.05, 3.63) is 0 Å². The molecule has 0 radical (unpaired) electrons. The molecular weight excluding hydrogens is 688 g/mol. The van der Waals surface area contributed by atoms with E-state index in [9.17, 15) is 33.1 Å². The maximum atomic E-state index is 11.8. The normalized spacial score (nSPS) is 48.2. The number of aliphatic carboxylic acids is 1. The van der Waals surface area contributed by atoms with Crippen LogP contribution in [0.25, 0.3) is 0 Å². The number of carboxylic acid groups (broad SMARTS) is 1. The first kappa shape index (κ1) is 41.2. The van der Waals surface area contributed by atoms with Crippen molar-refractivity contribution in [2.24, 2.45) is 35.5 Å². The summed E-state index contributed by atoms with van der Waals surface area (Å²) in [6.07, 6.45) is 1.34. The van der Waals surface area contributed by atoms with Gasteiger partial charge in [0.25, 0.3) is 0 Å². The summed E-state index contributed by atoms with van der Waals surface area (Å²) in [6, 6.07) is 0. The second-order valence-corrected chi connectivity index (χ2v) is 17.8. The van der Waals surface area contributed by atoms with Crippen molar-refractivity contribution in [3.63, 3.8) is 0 Å². The van der Waals surface area contributed by atoms with Gasteiger partial charge in [0, 0.05) is 37.7 Å². The molecule has 296 valence electrons. The summed E-state index contributed by atoms with van der Waals surface area (Å²) in [7, 11) is -3.40. The van der Waals surface area contributed by atoms with Crippen LogP contribution < -0.4 is 0 Å². The highest BCUT2D eigenvalue weighted by molar-refractivity contribution is 7.80.